The lowest BCUT2D eigenvalue weighted by Gasteiger charge is -2.14. The predicted molar refractivity (Wildman–Crippen MR) is 53.7 cm³/mol. The van der Waals surface area contributed by atoms with Crippen molar-refractivity contribution in [3.05, 3.63) is 12.3 Å². The highest BCUT2D eigenvalue weighted by molar-refractivity contribution is 5.79. The molecule has 0 atom stereocenters. The van der Waals surface area contributed by atoms with Crippen LogP contribution in [0.2, 0.25) is 0 Å². The second-order valence-corrected chi connectivity index (χ2v) is 4.42. The van der Waals surface area contributed by atoms with Crippen molar-refractivity contribution in [1.82, 2.24) is 5.32 Å². The van der Waals surface area contributed by atoms with Crippen LogP contribution in [0, 0.1) is 17.8 Å². The SMILES string of the molecule is O=C(O)/C=C/NCC(C1CC1)C1CC1. The monoisotopic (exact) mass is 195 g/mol. The molecule has 2 aliphatic carbocycles. The number of rotatable bonds is 6. The Morgan fingerprint density at radius 3 is 2.36 bits per heavy atom. The van der Waals surface area contributed by atoms with Crippen molar-refractivity contribution in [2.75, 3.05) is 6.54 Å². The van der Waals surface area contributed by atoms with E-state index in [4.69, 9.17) is 5.11 Å². The fourth-order valence-electron chi connectivity index (χ4n) is 2.10. The van der Waals surface area contributed by atoms with E-state index < -0.39 is 5.97 Å². The third-order valence-corrected chi connectivity index (χ3v) is 3.15. The normalized spacial score (nSPS) is 21.8. The Morgan fingerprint density at radius 1 is 1.36 bits per heavy atom. The highest BCUT2D eigenvalue weighted by Crippen LogP contribution is 2.48. The van der Waals surface area contributed by atoms with Crippen LogP contribution in [0.25, 0.3) is 0 Å². The molecule has 2 saturated carbocycles. The number of carbonyl (C=O) groups is 1. The number of carboxylic acids is 1. The van der Waals surface area contributed by atoms with Gasteiger partial charge in [0, 0.05) is 18.8 Å². The van der Waals surface area contributed by atoms with Crippen LogP contribution in [0.15, 0.2) is 12.3 Å². The fourth-order valence-corrected chi connectivity index (χ4v) is 2.10. The largest absolute Gasteiger partial charge is 0.478 e. The van der Waals surface area contributed by atoms with Gasteiger partial charge in [-0.2, -0.15) is 0 Å². The molecule has 0 unspecified atom stereocenters. The zero-order valence-corrected chi connectivity index (χ0v) is 8.28. The summed E-state index contributed by atoms with van der Waals surface area (Å²) >= 11 is 0. The molecule has 2 aliphatic rings. The lowest BCUT2D eigenvalue weighted by Crippen LogP contribution is -2.21. The molecule has 2 rings (SSSR count). The van der Waals surface area contributed by atoms with Crippen LogP contribution in [-0.2, 0) is 4.79 Å². The van der Waals surface area contributed by atoms with Crippen molar-refractivity contribution in [2.45, 2.75) is 25.7 Å². The van der Waals surface area contributed by atoms with Gasteiger partial charge in [-0.1, -0.05) is 0 Å². The van der Waals surface area contributed by atoms with Crippen LogP contribution in [0.5, 0.6) is 0 Å². The van der Waals surface area contributed by atoms with Crippen LogP contribution in [0.4, 0.5) is 0 Å². The molecule has 0 aliphatic heterocycles. The van der Waals surface area contributed by atoms with E-state index in [-0.39, 0.29) is 0 Å². The molecule has 0 radical (unpaired) electrons. The van der Waals surface area contributed by atoms with Crippen LogP contribution in [-0.4, -0.2) is 17.6 Å². The molecule has 0 aromatic rings. The Balaban J connectivity index is 1.69. The molecule has 3 nitrogen and oxygen atoms in total. The Bertz CT molecular complexity index is 230. The molecule has 0 heterocycles. The van der Waals surface area contributed by atoms with Crippen LogP contribution >= 0.6 is 0 Å². The molecule has 0 spiro atoms. The first kappa shape index (κ1) is 9.56. The molecule has 0 bridgehead atoms. The second kappa shape index (κ2) is 4.03. The highest BCUT2D eigenvalue weighted by atomic mass is 16.4. The summed E-state index contributed by atoms with van der Waals surface area (Å²) in [4.78, 5) is 10.2. The zero-order valence-electron chi connectivity index (χ0n) is 8.28. The molecule has 14 heavy (non-hydrogen) atoms. The van der Waals surface area contributed by atoms with Crippen molar-refractivity contribution < 1.29 is 9.90 Å². The summed E-state index contributed by atoms with van der Waals surface area (Å²) in [6.45, 7) is 0.957. The van der Waals surface area contributed by atoms with Gasteiger partial charge in [0.1, 0.15) is 0 Å². The summed E-state index contributed by atoms with van der Waals surface area (Å²) in [5.41, 5.74) is 0. The minimum atomic E-state index is -0.883. The van der Waals surface area contributed by atoms with Gasteiger partial charge in [-0.25, -0.2) is 4.79 Å². The van der Waals surface area contributed by atoms with Gasteiger partial charge >= 0.3 is 5.97 Å². The van der Waals surface area contributed by atoms with E-state index in [0.29, 0.717) is 0 Å². The minimum absolute atomic E-state index is 0.799. The molecule has 0 aromatic heterocycles. The maximum atomic E-state index is 10.2. The number of nitrogens with one attached hydrogen (secondary N) is 1. The molecule has 2 N–H and O–H groups in total. The number of hydrogen-bond donors (Lipinski definition) is 2. The Labute approximate surface area is 84.2 Å². The molecule has 0 amide bonds. The van der Waals surface area contributed by atoms with Crippen LogP contribution in [0.3, 0.4) is 0 Å². The maximum absolute atomic E-state index is 10.2. The van der Waals surface area contributed by atoms with E-state index in [0.717, 1.165) is 30.4 Å². The van der Waals surface area contributed by atoms with Gasteiger partial charge in [0.15, 0.2) is 0 Å². The second-order valence-electron chi connectivity index (χ2n) is 4.42. The van der Waals surface area contributed by atoms with E-state index >= 15 is 0 Å². The third kappa shape index (κ3) is 2.76. The molecule has 0 saturated heterocycles. The zero-order chi connectivity index (χ0) is 9.97. The smallest absolute Gasteiger partial charge is 0.329 e. The quantitative estimate of drug-likeness (QED) is 0.633. The summed E-state index contributed by atoms with van der Waals surface area (Å²) in [5.74, 6) is 1.77. The maximum Gasteiger partial charge on any atom is 0.329 e. The summed E-state index contributed by atoms with van der Waals surface area (Å²) in [6.07, 6.45) is 8.24. The first-order valence-electron chi connectivity index (χ1n) is 5.40. The van der Waals surface area contributed by atoms with Gasteiger partial charge in [0.2, 0.25) is 0 Å². The van der Waals surface area contributed by atoms with Crippen molar-refractivity contribution >= 4 is 5.97 Å². The third-order valence-electron chi connectivity index (χ3n) is 3.15. The van der Waals surface area contributed by atoms with Gasteiger partial charge < -0.3 is 10.4 Å². The minimum Gasteiger partial charge on any atom is -0.478 e. The van der Waals surface area contributed by atoms with Gasteiger partial charge in [0.05, 0.1) is 0 Å². The van der Waals surface area contributed by atoms with E-state index in [9.17, 15) is 4.79 Å². The van der Waals surface area contributed by atoms with Gasteiger partial charge in [-0.15, -0.1) is 0 Å². The topological polar surface area (TPSA) is 49.3 Å². The summed E-state index contributed by atoms with van der Waals surface area (Å²) < 4.78 is 0. The van der Waals surface area contributed by atoms with Crippen molar-refractivity contribution in [3.63, 3.8) is 0 Å². The summed E-state index contributed by atoms with van der Waals surface area (Å²) in [5, 5.41) is 11.5. The average molecular weight is 195 g/mol. The van der Waals surface area contributed by atoms with Crippen molar-refractivity contribution in [2.24, 2.45) is 17.8 Å². The Hall–Kier alpha value is -0.990. The first-order valence-corrected chi connectivity index (χ1v) is 5.40. The van der Waals surface area contributed by atoms with E-state index in [2.05, 4.69) is 5.32 Å². The molecule has 0 aromatic carbocycles. The first-order chi connectivity index (χ1) is 6.77. The van der Waals surface area contributed by atoms with E-state index in [1.54, 1.807) is 6.20 Å². The molecular formula is C11H17NO2. The van der Waals surface area contributed by atoms with Gasteiger partial charge in [-0.3, -0.25) is 0 Å². The molecule has 3 heteroatoms. The Morgan fingerprint density at radius 2 is 1.93 bits per heavy atom. The molecular weight excluding hydrogens is 178 g/mol. The fraction of sp³-hybridized carbons (Fsp3) is 0.727. The molecule has 78 valence electrons. The Kier molecular flexibility index (Phi) is 2.75. The highest BCUT2D eigenvalue weighted by Gasteiger charge is 2.40. The average Bonchev–Trinajstić information content (AvgIpc) is 2.99. The lowest BCUT2D eigenvalue weighted by molar-refractivity contribution is -0.131. The lowest BCUT2D eigenvalue weighted by atomic mass is 9.98. The molecule has 2 fully saturated rings. The number of carboxylic acid groups (broad SMARTS) is 1. The van der Waals surface area contributed by atoms with Gasteiger partial charge in [0.25, 0.3) is 0 Å². The van der Waals surface area contributed by atoms with Crippen LogP contribution in [0.1, 0.15) is 25.7 Å². The standard InChI is InChI=1S/C11H17NO2/c13-11(14)5-6-12-7-10(8-1-2-8)9-3-4-9/h5-6,8-10,12H,1-4,7H2,(H,13,14)/b6-5+. The van der Waals surface area contributed by atoms with Crippen LogP contribution < -0.4 is 5.32 Å². The van der Waals surface area contributed by atoms with E-state index in [1.807, 2.05) is 0 Å². The van der Waals surface area contributed by atoms with E-state index in [1.165, 1.54) is 25.7 Å². The van der Waals surface area contributed by atoms with Crippen molar-refractivity contribution in [3.8, 4) is 0 Å². The number of aliphatic carboxylic acids is 1. The van der Waals surface area contributed by atoms with Crippen molar-refractivity contribution in [1.29, 1.82) is 0 Å². The van der Waals surface area contributed by atoms with Gasteiger partial charge in [-0.05, 0) is 43.4 Å². The summed E-state index contributed by atoms with van der Waals surface area (Å²) in [7, 11) is 0. The predicted octanol–water partition coefficient (Wildman–Crippen LogP) is 1.61. The number of hydrogen-bond acceptors (Lipinski definition) is 2. The summed E-state index contributed by atoms with van der Waals surface area (Å²) in [6, 6.07) is 0.